The summed E-state index contributed by atoms with van der Waals surface area (Å²) < 4.78 is 5.91. The van der Waals surface area contributed by atoms with Crippen LogP contribution in [0, 0.1) is 0 Å². The maximum atomic E-state index is 12.2. The van der Waals surface area contributed by atoms with E-state index in [9.17, 15) is 14.4 Å². The highest BCUT2D eigenvalue weighted by Gasteiger charge is 2.27. The van der Waals surface area contributed by atoms with E-state index in [4.69, 9.17) is 4.74 Å². The van der Waals surface area contributed by atoms with Crippen molar-refractivity contribution in [3.05, 3.63) is 69.7 Å². The fourth-order valence-corrected chi connectivity index (χ4v) is 3.05. The number of hydrogen-bond donors (Lipinski definition) is 1. The van der Waals surface area contributed by atoms with Crippen LogP contribution in [0.25, 0.3) is 6.08 Å². The van der Waals surface area contributed by atoms with Gasteiger partial charge in [-0.05, 0) is 54.5 Å². The molecule has 0 saturated carbocycles. The highest BCUT2D eigenvalue weighted by Crippen LogP contribution is 2.32. The largest absolute Gasteiger partial charge is 0.454 e. The first kappa shape index (κ1) is 18.1. The van der Waals surface area contributed by atoms with Gasteiger partial charge in [-0.25, -0.2) is 4.79 Å². The number of halogens is 1. The summed E-state index contributed by atoms with van der Waals surface area (Å²) in [6.07, 6.45) is 2.90. The normalized spacial score (nSPS) is 15.6. The van der Waals surface area contributed by atoms with E-state index in [2.05, 4.69) is 21.2 Å². The zero-order valence-corrected chi connectivity index (χ0v) is 15.6. The molecule has 1 aliphatic rings. The second kappa shape index (κ2) is 7.66. The summed E-state index contributed by atoms with van der Waals surface area (Å²) >= 11 is 3.35. The number of amides is 1. The zero-order chi connectivity index (χ0) is 18.7. The molecule has 0 aromatic heterocycles. The Labute approximate surface area is 159 Å². The molecule has 132 valence electrons. The predicted molar refractivity (Wildman–Crippen MR) is 102 cm³/mol. The summed E-state index contributed by atoms with van der Waals surface area (Å²) in [4.78, 5) is 35.7. The van der Waals surface area contributed by atoms with Crippen LogP contribution in [0.15, 0.2) is 53.0 Å². The van der Waals surface area contributed by atoms with E-state index in [0.29, 0.717) is 11.3 Å². The number of benzene rings is 2. The minimum atomic E-state index is -0.593. The smallest absolute Gasteiger partial charge is 0.331 e. The summed E-state index contributed by atoms with van der Waals surface area (Å²) in [7, 11) is 0. The van der Waals surface area contributed by atoms with Gasteiger partial charge in [0.05, 0.1) is 5.92 Å². The molecule has 2 aromatic rings. The first-order valence-electron chi connectivity index (χ1n) is 8.02. The second-order valence-electron chi connectivity index (χ2n) is 5.93. The number of anilines is 1. The van der Waals surface area contributed by atoms with Crippen molar-refractivity contribution in [2.75, 3.05) is 11.9 Å². The highest BCUT2D eigenvalue weighted by atomic mass is 79.9. The van der Waals surface area contributed by atoms with Gasteiger partial charge >= 0.3 is 5.97 Å². The molecule has 3 rings (SSSR count). The van der Waals surface area contributed by atoms with Crippen LogP contribution in [0.4, 0.5) is 5.69 Å². The van der Waals surface area contributed by atoms with Crippen LogP contribution in [-0.2, 0) is 14.3 Å². The molecule has 1 aliphatic heterocycles. The molecule has 0 aliphatic carbocycles. The molecule has 0 unspecified atom stereocenters. The quantitative estimate of drug-likeness (QED) is 0.457. The standard InChI is InChI=1S/C20H16BrNO4/c1-12-16-10-14(6-7-17(16)22-20(12)25)18(23)11-26-19(24)8-5-13-3-2-4-15(21)9-13/h2-10,12H,11H2,1H3,(H,22,25)/b8-5+/t12-/m1/s1. The Hall–Kier alpha value is -2.73. The van der Waals surface area contributed by atoms with Crippen LogP contribution in [0.5, 0.6) is 0 Å². The van der Waals surface area contributed by atoms with Gasteiger partial charge in [-0.1, -0.05) is 28.1 Å². The van der Waals surface area contributed by atoms with Gasteiger partial charge < -0.3 is 10.1 Å². The number of carbonyl (C=O) groups excluding carboxylic acids is 3. The topological polar surface area (TPSA) is 72.5 Å². The molecule has 26 heavy (non-hydrogen) atoms. The van der Waals surface area contributed by atoms with Crippen LogP contribution < -0.4 is 5.32 Å². The lowest BCUT2D eigenvalue weighted by Crippen LogP contribution is -2.13. The summed E-state index contributed by atoms with van der Waals surface area (Å²) in [5, 5.41) is 2.75. The minimum Gasteiger partial charge on any atom is -0.454 e. The number of Topliss-reactive ketones (excluding diaryl/α,β-unsaturated/α-hetero) is 1. The van der Waals surface area contributed by atoms with Gasteiger partial charge in [0, 0.05) is 21.8 Å². The number of nitrogens with one attached hydrogen (secondary N) is 1. The fraction of sp³-hybridized carbons (Fsp3) is 0.150. The Morgan fingerprint density at radius 1 is 1.23 bits per heavy atom. The average molecular weight is 414 g/mol. The van der Waals surface area contributed by atoms with E-state index in [-0.39, 0.29) is 24.2 Å². The van der Waals surface area contributed by atoms with Crippen molar-refractivity contribution in [1.29, 1.82) is 0 Å². The molecule has 1 N–H and O–H groups in total. The number of fused-ring (bicyclic) bond motifs is 1. The molecule has 0 spiro atoms. The molecule has 6 heteroatoms. The van der Waals surface area contributed by atoms with Gasteiger partial charge in [-0.3, -0.25) is 9.59 Å². The maximum Gasteiger partial charge on any atom is 0.331 e. The maximum absolute atomic E-state index is 12.2. The van der Waals surface area contributed by atoms with Gasteiger partial charge in [-0.15, -0.1) is 0 Å². The minimum absolute atomic E-state index is 0.0892. The lowest BCUT2D eigenvalue weighted by Gasteiger charge is -2.06. The van der Waals surface area contributed by atoms with Gasteiger partial charge in [0.1, 0.15) is 0 Å². The number of carbonyl (C=O) groups is 3. The Kier molecular flexibility index (Phi) is 5.32. The Morgan fingerprint density at radius 3 is 2.81 bits per heavy atom. The van der Waals surface area contributed by atoms with E-state index in [0.717, 1.165) is 15.6 Å². The molecule has 0 bridgehead atoms. The molecule has 0 saturated heterocycles. The average Bonchev–Trinajstić information content (AvgIpc) is 2.91. The Bertz CT molecular complexity index is 920. The summed E-state index contributed by atoms with van der Waals surface area (Å²) in [5.74, 6) is -1.30. The van der Waals surface area contributed by atoms with E-state index in [1.807, 2.05) is 24.3 Å². The zero-order valence-electron chi connectivity index (χ0n) is 14.0. The molecular weight excluding hydrogens is 398 g/mol. The van der Waals surface area contributed by atoms with E-state index in [1.165, 1.54) is 6.08 Å². The van der Waals surface area contributed by atoms with Crippen LogP contribution in [0.2, 0.25) is 0 Å². The number of ether oxygens (including phenoxy) is 1. The van der Waals surface area contributed by atoms with E-state index in [1.54, 1.807) is 31.2 Å². The molecule has 0 fully saturated rings. The number of esters is 1. The third-order valence-corrected chi connectivity index (χ3v) is 4.59. The highest BCUT2D eigenvalue weighted by molar-refractivity contribution is 9.10. The first-order chi connectivity index (χ1) is 12.4. The van der Waals surface area contributed by atoms with Gasteiger partial charge in [0.2, 0.25) is 5.91 Å². The Balaban J connectivity index is 1.59. The first-order valence-corrected chi connectivity index (χ1v) is 8.82. The fourth-order valence-electron chi connectivity index (χ4n) is 2.63. The van der Waals surface area contributed by atoms with E-state index >= 15 is 0 Å². The summed E-state index contributed by atoms with van der Waals surface area (Å²) in [6.45, 7) is 1.43. The second-order valence-corrected chi connectivity index (χ2v) is 6.85. The number of hydrogen-bond acceptors (Lipinski definition) is 4. The lowest BCUT2D eigenvalue weighted by atomic mass is 9.99. The Morgan fingerprint density at radius 2 is 2.04 bits per heavy atom. The van der Waals surface area contributed by atoms with Gasteiger partial charge in [0.25, 0.3) is 0 Å². The van der Waals surface area contributed by atoms with Gasteiger partial charge in [-0.2, -0.15) is 0 Å². The van der Waals surface area contributed by atoms with E-state index < -0.39 is 5.97 Å². The number of ketones is 1. The molecular formula is C20H16BrNO4. The van der Waals surface area contributed by atoms with Crippen LogP contribution in [-0.4, -0.2) is 24.3 Å². The molecule has 1 atom stereocenters. The van der Waals surface area contributed by atoms with Crippen molar-refractivity contribution in [3.8, 4) is 0 Å². The lowest BCUT2D eigenvalue weighted by molar-refractivity contribution is -0.136. The SMILES string of the molecule is C[C@H]1C(=O)Nc2ccc(C(=O)COC(=O)/C=C/c3cccc(Br)c3)cc21. The van der Waals surface area contributed by atoms with Crippen LogP contribution in [0.1, 0.15) is 34.3 Å². The van der Waals surface area contributed by atoms with Crippen molar-refractivity contribution >= 4 is 45.4 Å². The molecule has 1 amide bonds. The summed E-state index contributed by atoms with van der Waals surface area (Å²) in [6, 6.07) is 12.4. The molecule has 5 nitrogen and oxygen atoms in total. The van der Waals surface area contributed by atoms with Crippen molar-refractivity contribution < 1.29 is 19.1 Å². The third kappa shape index (κ3) is 4.08. The van der Waals surface area contributed by atoms with Crippen molar-refractivity contribution in [1.82, 2.24) is 0 Å². The van der Waals surface area contributed by atoms with Crippen LogP contribution in [0.3, 0.4) is 0 Å². The monoisotopic (exact) mass is 413 g/mol. The van der Waals surface area contributed by atoms with Crippen LogP contribution >= 0.6 is 15.9 Å². The van der Waals surface area contributed by atoms with Crippen molar-refractivity contribution in [3.63, 3.8) is 0 Å². The molecule has 1 heterocycles. The van der Waals surface area contributed by atoms with Crippen molar-refractivity contribution in [2.45, 2.75) is 12.8 Å². The summed E-state index contributed by atoms with van der Waals surface area (Å²) in [5.41, 5.74) is 2.75. The third-order valence-electron chi connectivity index (χ3n) is 4.10. The molecule has 0 radical (unpaired) electrons. The number of rotatable bonds is 5. The van der Waals surface area contributed by atoms with Crippen molar-refractivity contribution in [2.24, 2.45) is 0 Å². The molecule has 2 aromatic carbocycles. The predicted octanol–water partition coefficient (Wildman–Crippen LogP) is 3.94. The van der Waals surface area contributed by atoms with Gasteiger partial charge in [0.15, 0.2) is 12.4 Å².